The van der Waals surface area contributed by atoms with E-state index in [1.165, 1.54) is 0 Å². The fourth-order valence-electron chi connectivity index (χ4n) is 2.53. The average Bonchev–Trinajstić information content (AvgIpc) is 2.92. The Kier molecular flexibility index (Phi) is 3.63. The van der Waals surface area contributed by atoms with Crippen molar-refractivity contribution in [3.63, 3.8) is 0 Å². The van der Waals surface area contributed by atoms with Crippen molar-refractivity contribution in [2.75, 3.05) is 0 Å². The van der Waals surface area contributed by atoms with Crippen LogP contribution in [0, 0.1) is 13.8 Å². The summed E-state index contributed by atoms with van der Waals surface area (Å²) in [5, 5.41) is 7.25. The molecule has 1 amide bonds. The quantitative estimate of drug-likeness (QED) is 0.808. The molecular formula is C17H18N4O. The maximum absolute atomic E-state index is 12.5. The molecule has 0 aliphatic carbocycles. The Morgan fingerprint density at radius 2 is 1.95 bits per heavy atom. The van der Waals surface area contributed by atoms with E-state index in [4.69, 9.17) is 0 Å². The number of nitrogens with one attached hydrogen (secondary N) is 1. The first-order valence-corrected chi connectivity index (χ1v) is 7.24. The van der Waals surface area contributed by atoms with Crippen molar-refractivity contribution < 1.29 is 4.79 Å². The fourth-order valence-corrected chi connectivity index (χ4v) is 2.53. The molecule has 22 heavy (non-hydrogen) atoms. The molecule has 0 unspecified atom stereocenters. The molecule has 5 nitrogen and oxygen atoms in total. The second-order valence-corrected chi connectivity index (χ2v) is 5.44. The Morgan fingerprint density at radius 3 is 2.68 bits per heavy atom. The van der Waals surface area contributed by atoms with Gasteiger partial charge < -0.3 is 5.32 Å². The van der Waals surface area contributed by atoms with Gasteiger partial charge in [-0.2, -0.15) is 5.10 Å². The predicted molar refractivity (Wildman–Crippen MR) is 84.8 cm³/mol. The number of fused-ring (bicyclic) bond motifs is 1. The Labute approximate surface area is 129 Å². The minimum Gasteiger partial charge on any atom is -0.345 e. The molecule has 2 heterocycles. The smallest absolute Gasteiger partial charge is 0.257 e. The summed E-state index contributed by atoms with van der Waals surface area (Å²) < 4.78 is 1.69. The van der Waals surface area contributed by atoms with Crippen LogP contribution in [0.3, 0.4) is 0 Å². The van der Waals surface area contributed by atoms with Crippen molar-refractivity contribution in [1.29, 1.82) is 0 Å². The molecule has 0 saturated carbocycles. The van der Waals surface area contributed by atoms with Crippen LogP contribution >= 0.6 is 0 Å². The molecule has 0 bridgehead atoms. The molecule has 2 aromatic heterocycles. The van der Waals surface area contributed by atoms with Crippen LogP contribution in [0.2, 0.25) is 0 Å². The molecule has 0 aliphatic heterocycles. The van der Waals surface area contributed by atoms with Crippen LogP contribution in [0.1, 0.15) is 40.3 Å². The lowest BCUT2D eigenvalue weighted by Crippen LogP contribution is -2.26. The first-order valence-electron chi connectivity index (χ1n) is 7.24. The third-order valence-corrected chi connectivity index (χ3v) is 3.67. The van der Waals surface area contributed by atoms with Gasteiger partial charge in [0.05, 0.1) is 12.2 Å². The van der Waals surface area contributed by atoms with Gasteiger partial charge in [0, 0.05) is 11.4 Å². The lowest BCUT2D eigenvalue weighted by Gasteiger charge is -2.13. The van der Waals surface area contributed by atoms with Crippen LogP contribution in [0.25, 0.3) is 5.65 Å². The van der Waals surface area contributed by atoms with Crippen LogP contribution in [-0.2, 0) is 0 Å². The van der Waals surface area contributed by atoms with Gasteiger partial charge in [0.15, 0.2) is 5.65 Å². The van der Waals surface area contributed by atoms with Crippen LogP contribution in [0.5, 0.6) is 0 Å². The summed E-state index contributed by atoms with van der Waals surface area (Å²) in [6, 6.07) is 11.7. The Balaban J connectivity index is 1.90. The van der Waals surface area contributed by atoms with Crippen molar-refractivity contribution in [1.82, 2.24) is 19.9 Å². The van der Waals surface area contributed by atoms with Gasteiger partial charge in [-0.15, -0.1) is 0 Å². The first-order chi connectivity index (χ1) is 10.6. The normalized spacial score (nSPS) is 12.3. The Morgan fingerprint density at radius 1 is 1.23 bits per heavy atom. The standard InChI is InChI=1S/C17H18N4O/c1-11-9-12(2)21-16(19-11)15(10-18-21)17(22)20-13(3)14-7-5-4-6-8-14/h4-10,13H,1-3H3,(H,20,22)/t13-/m1/s1. The Hall–Kier alpha value is -2.69. The van der Waals surface area contributed by atoms with Crippen molar-refractivity contribution in [3.8, 4) is 0 Å². The van der Waals surface area contributed by atoms with Gasteiger partial charge in [0.25, 0.3) is 5.91 Å². The zero-order valence-corrected chi connectivity index (χ0v) is 12.9. The molecule has 1 atom stereocenters. The highest BCUT2D eigenvalue weighted by Gasteiger charge is 2.17. The molecule has 3 rings (SSSR count). The monoisotopic (exact) mass is 294 g/mol. The van der Waals surface area contributed by atoms with Gasteiger partial charge in [-0.25, -0.2) is 9.50 Å². The summed E-state index contributed by atoms with van der Waals surface area (Å²) in [7, 11) is 0. The number of carbonyl (C=O) groups excluding carboxylic acids is 1. The number of hydrogen-bond donors (Lipinski definition) is 1. The third kappa shape index (κ3) is 2.57. The summed E-state index contributed by atoms with van der Waals surface area (Å²) >= 11 is 0. The Bertz CT molecular complexity index is 823. The van der Waals surface area contributed by atoms with Crippen LogP contribution in [0.15, 0.2) is 42.6 Å². The zero-order valence-electron chi connectivity index (χ0n) is 12.9. The van der Waals surface area contributed by atoms with E-state index in [0.717, 1.165) is 17.0 Å². The number of carbonyl (C=O) groups is 1. The number of nitrogens with zero attached hydrogens (tertiary/aromatic N) is 3. The number of hydrogen-bond acceptors (Lipinski definition) is 3. The third-order valence-electron chi connectivity index (χ3n) is 3.67. The summed E-state index contributed by atoms with van der Waals surface area (Å²) in [5.41, 5.74) is 3.98. The minimum absolute atomic E-state index is 0.0745. The molecule has 1 N–H and O–H groups in total. The van der Waals surface area contributed by atoms with Gasteiger partial charge in [-0.05, 0) is 32.4 Å². The van der Waals surface area contributed by atoms with E-state index < -0.39 is 0 Å². The molecule has 0 aliphatic rings. The van der Waals surface area contributed by atoms with E-state index in [9.17, 15) is 4.79 Å². The van der Waals surface area contributed by atoms with Gasteiger partial charge in [-0.1, -0.05) is 30.3 Å². The number of aryl methyl sites for hydroxylation is 2. The lowest BCUT2D eigenvalue weighted by atomic mass is 10.1. The topological polar surface area (TPSA) is 59.3 Å². The SMILES string of the molecule is Cc1cc(C)n2ncc(C(=O)N[C@H](C)c3ccccc3)c2n1. The molecule has 0 spiro atoms. The molecule has 112 valence electrons. The number of benzene rings is 1. The molecule has 1 aromatic carbocycles. The molecular weight excluding hydrogens is 276 g/mol. The maximum Gasteiger partial charge on any atom is 0.257 e. The highest BCUT2D eigenvalue weighted by molar-refractivity contribution is 5.99. The number of rotatable bonds is 3. The zero-order chi connectivity index (χ0) is 15.7. The largest absolute Gasteiger partial charge is 0.345 e. The fraction of sp³-hybridized carbons (Fsp3) is 0.235. The molecule has 0 radical (unpaired) electrons. The second kappa shape index (κ2) is 5.60. The van der Waals surface area contributed by atoms with Gasteiger partial charge in [-0.3, -0.25) is 4.79 Å². The molecule has 5 heteroatoms. The summed E-state index contributed by atoms with van der Waals surface area (Å²) in [6.07, 6.45) is 1.57. The van der Waals surface area contributed by atoms with Gasteiger partial charge in [0.2, 0.25) is 0 Å². The number of aromatic nitrogens is 3. The van der Waals surface area contributed by atoms with E-state index in [1.807, 2.05) is 57.2 Å². The van der Waals surface area contributed by atoms with E-state index in [0.29, 0.717) is 11.2 Å². The van der Waals surface area contributed by atoms with E-state index in [1.54, 1.807) is 10.7 Å². The molecule has 0 fully saturated rings. The summed E-state index contributed by atoms with van der Waals surface area (Å²) in [6.45, 7) is 5.82. The second-order valence-electron chi connectivity index (χ2n) is 5.44. The van der Waals surface area contributed by atoms with Crippen LogP contribution in [0.4, 0.5) is 0 Å². The molecule has 0 saturated heterocycles. The van der Waals surface area contributed by atoms with Gasteiger partial charge >= 0.3 is 0 Å². The molecule has 3 aromatic rings. The highest BCUT2D eigenvalue weighted by atomic mass is 16.1. The average molecular weight is 294 g/mol. The van der Waals surface area contributed by atoms with Crippen molar-refractivity contribution in [2.45, 2.75) is 26.8 Å². The van der Waals surface area contributed by atoms with Crippen LogP contribution in [-0.4, -0.2) is 20.5 Å². The van der Waals surface area contributed by atoms with Crippen molar-refractivity contribution in [2.24, 2.45) is 0 Å². The van der Waals surface area contributed by atoms with E-state index in [-0.39, 0.29) is 11.9 Å². The minimum atomic E-state index is -0.163. The number of amides is 1. The highest BCUT2D eigenvalue weighted by Crippen LogP contribution is 2.15. The van der Waals surface area contributed by atoms with Crippen LogP contribution < -0.4 is 5.32 Å². The van der Waals surface area contributed by atoms with Crippen molar-refractivity contribution in [3.05, 3.63) is 65.1 Å². The summed E-state index contributed by atoms with van der Waals surface area (Å²) in [4.78, 5) is 17.0. The lowest BCUT2D eigenvalue weighted by molar-refractivity contribution is 0.0941. The first kappa shape index (κ1) is 14.3. The van der Waals surface area contributed by atoms with E-state index >= 15 is 0 Å². The van der Waals surface area contributed by atoms with E-state index in [2.05, 4.69) is 15.4 Å². The summed E-state index contributed by atoms with van der Waals surface area (Å²) in [5.74, 6) is -0.163. The van der Waals surface area contributed by atoms with Gasteiger partial charge in [0.1, 0.15) is 5.56 Å². The predicted octanol–water partition coefficient (Wildman–Crippen LogP) is 2.84. The van der Waals surface area contributed by atoms with Crippen molar-refractivity contribution >= 4 is 11.6 Å². The maximum atomic E-state index is 12.5.